The van der Waals surface area contributed by atoms with Crippen molar-refractivity contribution >= 4 is 5.91 Å². The minimum Gasteiger partial charge on any atom is -0.492 e. The fourth-order valence-corrected chi connectivity index (χ4v) is 5.43. The predicted molar refractivity (Wildman–Crippen MR) is 145 cm³/mol. The van der Waals surface area contributed by atoms with Crippen LogP contribution in [0, 0.1) is 5.41 Å². The van der Waals surface area contributed by atoms with Crippen molar-refractivity contribution in [1.82, 2.24) is 14.7 Å². The van der Waals surface area contributed by atoms with Gasteiger partial charge in [0.25, 0.3) is 0 Å². The first kappa shape index (κ1) is 26.5. The van der Waals surface area contributed by atoms with Crippen LogP contribution in [-0.4, -0.2) is 81.1 Å². The lowest BCUT2D eigenvalue weighted by Crippen LogP contribution is -2.50. The molecule has 0 N–H and O–H groups in total. The molecule has 36 heavy (non-hydrogen) atoms. The van der Waals surface area contributed by atoms with E-state index in [4.69, 9.17) is 9.47 Å². The molecule has 0 bridgehead atoms. The molecule has 1 saturated heterocycles. The van der Waals surface area contributed by atoms with Crippen molar-refractivity contribution in [3.8, 4) is 11.5 Å². The Balaban J connectivity index is 1.33. The monoisotopic (exact) mass is 493 g/mol. The second kappa shape index (κ2) is 12.6. The smallest absolute Gasteiger partial charge is 0.228 e. The Morgan fingerprint density at radius 1 is 0.972 bits per heavy atom. The first-order chi connectivity index (χ1) is 17.4. The van der Waals surface area contributed by atoms with Crippen molar-refractivity contribution < 1.29 is 14.3 Å². The molecule has 6 nitrogen and oxygen atoms in total. The maximum absolute atomic E-state index is 13.6. The molecule has 0 unspecified atom stereocenters. The largest absolute Gasteiger partial charge is 0.492 e. The highest BCUT2D eigenvalue weighted by molar-refractivity contribution is 5.82. The highest BCUT2D eigenvalue weighted by Crippen LogP contribution is 2.39. The summed E-state index contributed by atoms with van der Waals surface area (Å²) in [5.74, 6) is 2.19. The Bertz CT molecular complexity index is 968. The number of fused-ring (bicyclic) bond motifs is 1. The highest BCUT2D eigenvalue weighted by atomic mass is 16.5. The van der Waals surface area contributed by atoms with Crippen LogP contribution in [0.2, 0.25) is 0 Å². The third kappa shape index (κ3) is 7.01. The van der Waals surface area contributed by atoms with Crippen LogP contribution in [0.25, 0.3) is 0 Å². The zero-order valence-corrected chi connectivity index (χ0v) is 22.4. The van der Waals surface area contributed by atoms with Crippen LogP contribution in [0.5, 0.6) is 11.5 Å². The number of carbonyl (C=O) groups excluding carboxylic acids is 1. The summed E-state index contributed by atoms with van der Waals surface area (Å²) < 4.78 is 11.9. The van der Waals surface area contributed by atoms with Gasteiger partial charge in [-0.05, 0) is 88.6 Å². The summed E-state index contributed by atoms with van der Waals surface area (Å²) >= 11 is 0. The van der Waals surface area contributed by atoms with Crippen LogP contribution in [0.15, 0.2) is 48.5 Å². The number of hydrogen-bond acceptors (Lipinski definition) is 5. The van der Waals surface area contributed by atoms with Crippen molar-refractivity contribution in [1.29, 1.82) is 0 Å². The van der Waals surface area contributed by atoms with Gasteiger partial charge in [0.15, 0.2) is 0 Å². The molecule has 0 saturated carbocycles. The van der Waals surface area contributed by atoms with Crippen LogP contribution in [0.4, 0.5) is 0 Å². The zero-order chi connectivity index (χ0) is 25.4. The summed E-state index contributed by atoms with van der Waals surface area (Å²) in [6.07, 6.45) is 6.01. The third-order valence-electron chi connectivity index (χ3n) is 7.76. The summed E-state index contributed by atoms with van der Waals surface area (Å²) in [4.78, 5) is 20.2. The Kier molecular flexibility index (Phi) is 9.27. The molecule has 1 spiro atoms. The van der Waals surface area contributed by atoms with Gasteiger partial charge in [0.1, 0.15) is 24.7 Å². The van der Waals surface area contributed by atoms with Gasteiger partial charge in [-0.1, -0.05) is 36.8 Å². The number of likely N-dealkylation sites (tertiary alicyclic amines) is 1. The molecule has 1 amide bonds. The van der Waals surface area contributed by atoms with E-state index in [1.807, 2.05) is 24.1 Å². The Morgan fingerprint density at radius 2 is 1.72 bits per heavy atom. The number of carbonyl (C=O) groups is 1. The molecule has 0 aromatic heterocycles. The van der Waals surface area contributed by atoms with Crippen LogP contribution in [-0.2, 0) is 17.8 Å². The molecule has 2 heterocycles. The number of likely N-dealkylation sites (N-methyl/N-ethyl adjacent to an activating group) is 2. The van der Waals surface area contributed by atoms with E-state index in [0.29, 0.717) is 25.7 Å². The first-order valence-corrected chi connectivity index (χ1v) is 13.5. The molecule has 4 rings (SSSR count). The normalized spacial score (nSPS) is 19.3. The summed E-state index contributed by atoms with van der Waals surface area (Å²) in [6.45, 7) is 5.60. The maximum Gasteiger partial charge on any atom is 0.228 e. The molecule has 2 aliphatic rings. The van der Waals surface area contributed by atoms with Crippen LogP contribution < -0.4 is 9.47 Å². The number of hydrogen-bond donors (Lipinski definition) is 0. The molecule has 2 aromatic rings. The van der Waals surface area contributed by atoms with Gasteiger partial charge in [0.05, 0.1) is 12.0 Å². The van der Waals surface area contributed by atoms with E-state index in [0.717, 1.165) is 76.2 Å². The van der Waals surface area contributed by atoms with E-state index in [9.17, 15) is 4.79 Å². The average molecular weight is 494 g/mol. The lowest BCUT2D eigenvalue weighted by atomic mass is 9.73. The quantitative estimate of drug-likeness (QED) is 0.594. The average Bonchev–Trinajstić information content (AvgIpc) is 2.88. The number of ether oxygens (including phenoxy) is 2. The van der Waals surface area contributed by atoms with Gasteiger partial charge in [0, 0.05) is 20.1 Å². The zero-order valence-electron chi connectivity index (χ0n) is 22.4. The van der Waals surface area contributed by atoms with Crippen molar-refractivity contribution in [3.63, 3.8) is 0 Å². The minimum atomic E-state index is -0.242. The van der Waals surface area contributed by atoms with Gasteiger partial charge < -0.3 is 19.3 Å². The van der Waals surface area contributed by atoms with Crippen molar-refractivity contribution in [2.24, 2.45) is 5.41 Å². The fourth-order valence-electron chi connectivity index (χ4n) is 5.43. The first-order valence-electron chi connectivity index (χ1n) is 13.5. The Hall–Kier alpha value is -2.57. The molecular formula is C30H43N3O3. The summed E-state index contributed by atoms with van der Waals surface area (Å²) in [5, 5.41) is 0. The van der Waals surface area contributed by atoms with Crippen molar-refractivity contribution in [2.75, 3.05) is 60.5 Å². The predicted octanol–water partition coefficient (Wildman–Crippen LogP) is 4.47. The summed E-state index contributed by atoms with van der Waals surface area (Å²) in [5.41, 5.74) is 2.34. The SMILES string of the molecule is CN(C)CCOc1ccc(CN2CCC3(CCCCc4ccccc4OCCN(C)C3=O)CC2)cc1. The molecule has 2 aromatic carbocycles. The van der Waals surface area contributed by atoms with Gasteiger partial charge in [-0.25, -0.2) is 0 Å². The number of piperidine rings is 1. The van der Waals surface area contributed by atoms with Gasteiger partial charge >= 0.3 is 0 Å². The Labute approximate surface area is 217 Å². The van der Waals surface area contributed by atoms with Crippen molar-refractivity contribution in [2.45, 2.75) is 45.1 Å². The number of aryl methyl sites for hydroxylation is 1. The lowest BCUT2D eigenvalue weighted by Gasteiger charge is -2.43. The third-order valence-corrected chi connectivity index (χ3v) is 7.76. The number of para-hydroxylation sites is 1. The highest BCUT2D eigenvalue weighted by Gasteiger charge is 2.42. The standard InChI is InChI=1S/C30H43N3O3/c1-31(2)20-22-35-27-13-11-25(12-14-27)24-33-18-16-30(17-19-33)15-7-6-9-26-8-4-5-10-28(26)36-23-21-32(3)29(30)34/h4-5,8,10-14H,6-7,9,15-24H2,1-3H3. The van der Waals surface area contributed by atoms with Gasteiger partial charge in [0.2, 0.25) is 5.91 Å². The fraction of sp³-hybridized carbons (Fsp3) is 0.567. The van der Waals surface area contributed by atoms with E-state index in [-0.39, 0.29) is 5.41 Å². The van der Waals surface area contributed by atoms with Crippen molar-refractivity contribution in [3.05, 3.63) is 59.7 Å². The second-order valence-electron chi connectivity index (χ2n) is 10.7. The Morgan fingerprint density at radius 3 is 2.47 bits per heavy atom. The van der Waals surface area contributed by atoms with Gasteiger partial charge in [-0.3, -0.25) is 9.69 Å². The lowest BCUT2D eigenvalue weighted by molar-refractivity contribution is -0.145. The van der Waals surface area contributed by atoms with E-state index in [1.165, 1.54) is 11.1 Å². The van der Waals surface area contributed by atoms with E-state index in [2.05, 4.69) is 60.3 Å². The second-order valence-corrected chi connectivity index (χ2v) is 10.7. The van der Waals surface area contributed by atoms with E-state index < -0.39 is 0 Å². The molecule has 0 aliphatic carbocycles. The number of nitrogens with zero attached hydrogens (tertiary/aromatic N) is 3. The molecule has 6 heteroatoms. The molecular weight excluding hydrogens is 450 g/mol. The van der Waals surface area contributed by atoms with E-state index >= 15 is 0 Å². The maximum atomic E-state index is 13.6. The molecule has 196 valence electrons. The van der Waals surface area contributed by atoms with E-state index in [1.54, 1.807) is 0 Å². The molecule has 1 fully saturated rings. The molecule has 0 radical (unpaired) electrons. The number of amides is 1. The molecule has 0 atom stereocenters. The topological polar surface area (TPSA) is 45.2 Å². The number of rotatable bonds is 6. The minimum absolute atomic E-state index is 0.242. The van der Waals surface area contributed by atoms with Crippen LogP contribution in [0.3, 0.4) is 0 Å². The van der Waals surface area contributed by atoms with Crippen LogP contribution in [0.1, 0.15) is 43.2 Å². The molecule has 2 aliphatic heterocycles. The summed E-state index contributed by atoms with van der Waals surface area (Å²) in [7, 11) is 6.05. The number of benzene rings is 2. The van der Waals surface area contributed by atoms with Crippen LogP contribution >= 0.6 is 0 Å². The summed E-state index contributed by atoms with van der Waals surface area (Å²) in [6, 6.07) is 16.8. The van der Waals surface area contributed by atoms with Gasteiger partial charge in [-0.2, -0.15) is 0 Å². The van der Waals surface area contributed by atoms with Gasteiger partial charge in [-0.15, -0.1) is 0 Å².